The van der Waals surface area contributed by atoms with Gasteiger partial charge in [-0.05, 0) is 28.5 Å². The SMILES string of the molecule is Cn1c(=O)c2c(-c3ccncc3)n(Cc3cccc4ccccc34)nc2n(CS(=O)(=O)C(F)(F)F)c1=O. The minimum atomic E-state index is -5.76. The first-order valence-electron chi connectivity index (χ1n) is 10.9. The molecule has 0 aliphatic rings. The first kappa shape index (κ1) is 24.4. The van der Waals surface area contributed by atoms with Crippen molar-refractivity contribution in [3.63, 3.8) is 0 Å². The highest BCUT2D eigenvalue weighted by molar-refractivity contribution is 7.91. The molecule has 0 saturated carbocycles. The van der Waals surface area contributed by atoms with Crippen molar-refractivity contribution in [2.75, 3.05) is 0 Å². The lowest BCUT2D eigenvalue weighted by Crippen LogP contribution is -2.41. The highest BCUT2D eigenvalue weighted by Crippen LogP contribution is 2.30. The number of hydrogen-bond donors (Lipinski definition) is 0. The molecule has 0 bridgehead atoms. The smallest absolute Gasteiger partial charge is 0.268 e. The third kappa shape index (κ3) is 4.10. The van der Waals surface area contributed by atoms with Crippen molar-refractivity contribution in [3.8, 4) is 11.3 Å². The Morgan fingerprint density at radius 3 is 2.32 bits per heavy atom. The number of alkyl halides is 3. The Bertz CT molecular complexity index is 1890. The van der Waals surface area contributed by atoms with Crippen LogP contribution in [0, 0.1) is 0 Å². The van der Waals surface area contributed by atoms with E-state index in [1.54, 1.807) is 12.1 Å². The lowest BCUT2D eigenvalue weighted by molar-refractivity contribution is -0.0442. The standard InChI is InChI=1S/C24H18F3N5O4S/c1-30-22(33)19-20(16-9-11-28-12-10-16)32(13-17-7-4-6-15-5-2-3-8-18(15)17)29-21(19)31(23(30)34)14-37(35,36)24(25,26)27/h2-12H,13-14H2,1H3. The van der Waals surface area contributed by atoms with Crippen LogP contribution >= 0.6 is 0 Å². The van der Waals surface area contributed by atoms with E-state index in [9.17, 15) is 31.2 Å². The average Bonchev–Trinajstić information content (AvgIpc) is 3.24. The third-order valence-electron chi connectivity index (χ3n) is 6.03. The summed E-state index contributed by atoms with van der Waals surface area (Å²) in [5.41, 5.74) is -6.67. The fourth-order valence-electron chi connectivity index (χ4n) is 4.23. The van der Waals surface area contributed by atoms with Gasteiger partial charge in [-0.25, -0.2) is 13.2 Å². The molecule has 2 aromatic carbocycles. The summed E-state index contributed by atoms with van der Waals surface area (Å²) in [4.78, 5) is 30.0. The maximum Gasteiger partial charge on any atom is 0.499 e. The van der Waals surface area contributed by atoms with Crippen LogP contribution in [-0.2, 0) is 29.3 Å². The fraction of sp³-hybridized carbons (Fsp3) is 0.167. The summed E-state index contributed by atoms with van der Waals surface area (Å²) in [6.45, 7) is 0.0804. The molecule has 0 radical (unpaired) electrons. The van der Waals surface area contributed by atoms with Crippen LogP contribution in [0.5, 0.6) is 0 Å². The molecule has 0 aliphatic heterocycles. The third-order valence-corrected chi connectivity index (χ3v) is 7.33. The Kier molecular flexibility index (Phi) is 5.74. The molecule has 13 heteroatoms. The van der Waals surface area contributed by atoms with Gasteiger partial charge in [-0.2, -0.15) is 18.3 Å². The second kappa shape index (κ2) is 8.69. The van der Waals surface area contributed by atoms with E-state index in [1.165, 1.54) is 17.1 Å². The molecule has 0 spiro atoms. The highest BCUT2D eigenvalue weighted by Gasteiger charge is 2.46. The number of aromatic nitrogens is 5. The molecule has 5 aromatic rings. The zero-order valence-electron chi connectivity index (χ0n) is 19.2. The number of halogens is 3. The summed E-state index contributed by atoms with van der Waals surface area (Å²) in [5.74, 6) is -1.72. The largest absolute Gasteiger partial charge is 0.499 e. The summed E-state index contributed by atoms with van der Waals surface area (Å²) < 4.78 is 66.0. The molecule has 0 aliphatic carbocycles. The fourth-order valence-corrected chi connectivity index (χ4v) is 4.95. The number of rotatable bonds is 5. The van der Waals surface area contributed by atoms with Crippen LogP contribution in [0.3, 0.4) is 0 Å². The molecule has 3 heterocycles. The minimum Gasteiger partial charge on any atom is -0.268 e. The first-order valence-corrected chi connectivity index (χ1v) is 12.5. The van der Waals surface area contributed by atoms with Crippen LogP contribution in [0.15, 0.2) is 76.6 Å². The molecule has 5 rings (SSSR count). The summed E-state index contributed by atoms with van der Waals surface area (Å²) >= 11 is 0. The predicted molar refractivity (Wildman–Crippen MR) is 130 cm³/mol. The molecule has 0 unspecified atom stereocenters. The van der Waals surface area contributed by atoms with E-state index in [0.29, 0.717) is 14.7 Å². The molecule has 190 valence electrons. The van der Waals surface area contributed by atoms with Crippen LogP contribution in [0.2, 0.25) is 0 Å². The van der Waals surface area contributed by atoms with Gasteiger partial charge in [0.2, 0.25) is 0 Å². The van der Waals surface area contributed by atoms with Gasteiger partial charge in [0, 0.05) is 25.0 Å². The maximum atomic E-state index is 13.2. The van der Waals surface area contributed by atoms with Gasteiger partial charge in [-0.3, -0.25) is 23.6 Å². The van der Waals surface area contributed by atoms with E-state index in [2.05, 4.69) is 10.1 Å². The predicted octanol–water partition coefficient (Wildman–Crippen LogP) is 3.05. The van der Waals surface area contributed by atoms with Crippen LogP contribution < -0.4 is 11.2 Å². The minimum absolute atomic E-state index is 0.0804. The molecule has 0 fully saturated rings. The number of benzene rings is 2. The maximum absolute atomic E-state index is 13.2. The number of hydrogen-bond acceptors (Lipinski definition) is 6. The van der Waals surface area contributed by atoms with Crippen molar-refractivity contribution in [3.05, 3.63) is 93.4 Å². The molecular formula is C24H18F3N5O4S. The molecule has 37 heavy (non-hydrogen) atoms. The molecule has 9 nitrogen and oxygen atoms in total. The van der Waals surface area contributed by atoms with Gasteiger partial charge in [0.05, 0.1) is 12.2 Å². The average molecular weight is 530 g/mol. The molecule has 0 saturated heterocycles. The van der Waals surface area contributed by atoms with Crippen molar-refractivity contribution >= 4 is 31.6 Å². The van der Waals surface area contributed by atoms with Gasteiger partial charge in [0.25, 0.3) is 15.4 Å². The summed E-state index contributed by atoms with van der Waals surface area (Å²) in [7, 11) is -4.69. The zero-order chi connectivity index (χ0) is 26.5. The van der Waals surface area contributed by atoms with Gasteiger partial charge < -0.3 is 0 Å². The van der Waals surface area contributed by atoms with Gasteiger partial charge in [0.15, 0.2) is 5.65 Å². The quantitative estimate of drug-likeness (QED) is 0.346. The van der Waals surface area contributed by atoms with E-state index >= 15 is 0 Å². The molecule has 3 aromatic heterocycles. The Morgan fingerprint density at radius 1 is 0.946 bits per heavy atom. The molecule has 0 amide bonds. The molecular weight excluding hydrogens is 511 g/mol. The zero-order valence-corrected chi connectivity index (χ0v) is 20.0. The highest BCUT2D eigenvalue weighted by atomic mass is 32.2. The topological polar surface area (TPSA) is 109 Å². The van der Waals surface area contributed by atoms with E-state index in [-0.39, 0.29) is 17.6 Å². The second-order valence-electron chi connectivity index (χ2n) is 8.34. The number of pyridine rings is 1. The van der Waals surface area contributed by atoms with Gasteiger partial charge >= 0.3 is 11.2 Å². The van der Waals surface area contributed by atoms with Gasteiger partial charge in [-0.1, -0.05) is 42.5 Å². The Morgan fingerprint density at radius 2 is 1.62 bits per heavy atom. The first-order chi connectivity index (χ1) is 17.5. The van der Waals surface area contributed by atoms with Crippen LogP contribution in [-0.4, -0.2) is 37.8 Å². The van der Waals surface area contributed by atoms with Crippen molar-refractivity contribution < 1.29 is 21.6 Å². The van der Waals surface area contributed by atoms with Gasteiger partial charge in [0.1, 0.15) is 11.3 Å². The Labute approximate surface area is 206 Å². The summed E-state index contributed by atoms with van der Waals surface area (Å²) in [5, 5.41) is 5.97. The normalized spacial score (nSPS) is 12.4. The van der Waals surface area contributed by atoms with E-state index in [4.69, 9.17) is 0 Å². The lowest BCUT2D eigenvalue weighted by atomic mass is 10.0. The van der Waals surface area contributed by atoms with Crippen molar-refractivity contribution in [2.24, 2.45) is 7.05 Å². The number of nitrogens with zero attached hydrogens (tertiary/aromatic N) is 5. The van der Waals surface area contributed by atoms with Crippen LogP contribution in [0.1, 0.15) is 5.56 Å². The van der Waals surface area contributed by atoms with Crippen molar-refractivity contribution in [2.45, 2.75) is 17.9 Å². The molecule has 0 atom stereocenters. The van der Waals surface area contributed by atoms with E-state index in [1.807, 2.05) is 42.5 Å². The number of sulfone groups is 1. The van der Waals surface area contributed by atoms with Gasteiger partial charge in [-0.15, -0.1) is 0 Å². The van der Waals surface area contributed by atoms with E-state index in [0.717, 1.165) is 23.4 Å². The van der Waals surface area contributed by atoms with E-state index < -0.39 is 38.1 Å². The monoisotopic (exact) mass is 529 g/mol. The Hall–Kier alpha value is -4.26. The number of fused-ring (bicyclic) bond motifs is 2. The van der Waals surface area contributed by atoms with Crippen LogP contribution in [0.25, 0.3) is 33.1 Å². The van der Waals surface area contributed by atoms with Crippen LogP contribution in [0.4, 0.5) is 13.2 Å². The Balaban J connectivity index is 1.84. The second-order valence-corrected chi connectivity index (χ2v) is 10.3. The van der Waals surface area contributed by atoms with Crippen molar-refractivity contribution in [1.82, 2.24) is 23.9 Å². The molecule has 0 N–H and O–H groups in total. The summed E-state index contributed by atoms with van der Waals surface area (Å²) in [6.07, 6.45) is 2.93. The lowest BCUT2D eigenvalue weighted by Gasteiger charge is -2.11. The van der Waals surface area contributed by atoms with Crippen molar-refractivity contribution in [1.29, 1.82) is 0 Å². The summed E-state index contributed by atoms with van der Waals surface area (Å²) in [6, 6.07) is 16.3.